The molecule has 0 N–H and O–H groups in total. The van der Waals surface area contributed by atoms with E-state index in [0.29, 0.717) is 5.92 Å². The van der Waals surface area contributed by atoms with Gasteiger partial charge in [0.25, 0.3) is 0 Å². The molecule has 0 bridgehead atoms. The van der Waals surface area contributed by atoms with Crippen LogP contribution >= 0.6 is 0 Å². The predicted molar refractivity (Wildman–Crippen MR) is 91.3 cm³/mol. The zero-order valence-corrected chi connectivity index (χ0v) is 14.3. The van der Waals surface area contributed by atoms with Crippen molar-refractivity contribution in [2.45, 2.75) is 38.8 Å². The molecule has 2 atom stereocenters. The van der Waals surface area contributed by atoms with E-state index < -0.39 is 0 Å². The van der Waals surface area contributed by atoms with Gasteiger partial charge in [-0.1, -0.05) is 30.3 Å². The molecule has 0 spiro atoms. The first-order valence-electron chi connectivity index (χ1n) is 8.81. The van der Waals surface area contributed by atoms with Crippen molar-refractivity contribution in [3.63, 3.8) is 0 Å². The van der Waals surface area contributed by atoms with Crippen LogP contribution < -0.4 is 0 Å². The molecule has 2 saturated heterocycles. The third-order valence-electron chi connectivity index (χ3n) is 5.10. The Morgan fingerprint density at radius 2 is 2.00 bits per heavy atom. The van der Waals surface area contributed by atoms with Crippen LogP contribution in [-0.4, -0.2) is 60.6 Å². The SMILES string of the molecule is CC(C)N1C[C@H]2CN(CCc3ccccc3)CC[C@@H]2OCC1=O. The minimum atomic E-state index is 0.144. The average molecular weight is 316 g/mol. The van der Waals surface area contributed by atoms with Crippen molar-refractivity contribution in [2.24, 2.45) is 5.92 Å². The topological polar surface area (TPSA) is 32.8 Å². The molecule has 4 nitrogen and oxygen atoms in total. The smallest absolute Gasteiger partial charge is 0.248 e. The highest BCUT2D eigenvalue weighted by Gasteiger charge is 2.36. The van der Waals surface area contributed by atoms with E-state index in [9.17, 15) is 4.79 Å². The van der Waals surface area contributed by atoms with E-state index in [1.165, 1.54) is 5.56 Å². The second kappa shape index (κ2) is 7.45. The number of fused-ring (bicyclic) bond motifs is 1. The van der Waals surface area contributed by atoms with Crippen LogP contribution in [0.25, 0.3) is 0 Å². The summed E-state index contributed by atoms with van der Waals surface area (Å²) in [6.07, 6.45) is 2.38. The van der Waals surface area contributed by atoms with E-state index in [1.807, 2.05) is 4.90 Å². The number of carbonyl (C=O) groups is 1. The second-order valence-electron chi connectivity index (χ2n) is 7.07. The van der Waals surface area contributed by atoms with Crippen molar-refractivity contribution in [1.82, 2.24) is 9.80 Å². The Hall–Kier alpha value is -1.39. The number of amides is 1. The summed E-state index contributed by atoms with van der Waals surface area (Å²) >= 11 is 0. The summed E-state index contributed by atoms with van der Waals surface area (Å²) in [6.45, 7) is 8.47. The van der Waals surface area contributed by atoms with Crippen LogP contribution in [0.1, 0.15) is 25.8 Å². The van der Waals surface area contributed by atoms with Crippen LogP contribution in [0.5, 0.6) is 0 Å². The van der Waals surface area contributed by atoms with Gasteiger partial charge in [0.2, 0.25) is 5.91 Å². The van der Waals surface area contributed by atoms with Crippen LogP contribution in [0.4, 0.5) is 0 Å². The highest BCUT2D eigenvalue weighted by Crippen LogP contribution is 2.25. The average Bonchev–Trinajstić information content (AvgIpc) is 2.73. The predicted octanol–water partition coefficient (Wildman–Crippen LogP) is 2.19. The van der Waals surface area contributed by atoms with Gasteiger partial charge in [0.1, 0.15) is 6.61 Å². The molecule has 0 aliphatic carbocycles. The molecular weight excluding hydrogens is 288 g/mol. The maximum Gasteiger partial charge on any atom is 0.248 e. The Bertz CT molecular complexity index is 517. The largest absolute Gasteiger partial charge is 0.368 e. The van der Waals surface area contributed by atoms with E-state index in [1.54, 1.807) is 0 Å². The summed E-state index contributed by atoms with van der Waals surface area (Å²) in [6, 6.07) is 10.9. The maximum absolute atomic E-state index is 12.2. The molecule has 0 unspecified atom stereocenters. The zero-order chi connectivity index (χ0) is 16.2. The number of hydrogen-bond donors (Lipinski definition) is 0. The third kappa shape index (κ3) is 4.12. The van der Waals surface area contributed by atoms with Gasteiger partial charge in [-0.15, -0.1) is 0 Å². The summed E-state index contributed by atoms with van der Waals surface area (Å²) in [5.41, 5.74) is 1.39. The second-order valence-corrected chi connectivity index (χ2v) is 7.07. The standard InChI is InChI=1S/C19H28N2O2/c1-15(2)21-13-17-12-20(10-8-16-6-4-3-5-7-16)11-9-18(17)23-14-19(21)22/h3-7,15,17-18H,8-14H2,1-2H3/t17-,18+/m1/s1. The quantitative estimate of drug-likeness (QED) is 0.853. The van der Waals surface area contributed by atoms with Crippen LogP contribution in [0.15, 0.2) is 30.3 Å². The molecule has 126 valence electrons. The number of benzene rings is 1. The molecule has 0 aromatic heterocycles. The summed E-state index contributed by atoms with van der Waals surface area (Å²) in [4.78, 5) is 16.7. The van der Waals surface area contributed by atoms with E-state index in [0.717, 1.165) is 39.0 Å². The monoisotopic (exact) mass is 316 g/mol. The number of piperidine rings is 1. The highest BCUT2D eigenvalue weighted by molar-refractivity contribution is 5.78. The van der Waals surface area contributed by atoms with E-state index in [-0.39, 0.29) is 24.7 Å². The number of hydrogen-bond acceptors (Lipinski definition) is 3. The van der Waals surface area contributed by atoms with Gasteiger partial charge in [0.15, 0.2) is 0 Å². The molecule has 4 heteroatoms. The number of likely N-dealkylation sites (tertiary alicyclic amines) is 1. The van der Waals surface area contributed by atoms with Gasteiger partial charge in [-0.25, -0.2) is 0 Å². The molecule has 23 heavy (non-hydrogen) atoms. The lowest BCUT2D eigenvalue weighted by Gasteiger charge is -2.38. The first-order valence-corrected chi connectivity index (χ1v) is 8.81. The fourth-order valence-electron chi connectivity index (χ4n) is 3.73. The Balaban J connectivity index is 1.58. The van der Waals surface area contributed by atoms with Crippen LogP contribution in [0.2, 0.25) is 0 Å². The van der Waals surface area contributed by atoms with Crippen LogP contribution in [0, 0.1) is 5.92 Å². The summed E-state index contributed by atoms with van der Waals surface area (Å²) in [5, 5.41) is 0. The highest BCUT2D eigenvalue weighted by atomic mass is 16.5. The van der Waals surface area contributed by atoms with Gasteiger partial charge in [-0.2, -0.15) is 0 Å². The van der Waals surface area contributed by atoms with Crippen molar-refractivity contribution >= 4 is 5.91 Å². The van der Waals surface area contributed by atoms with Gasteiger partial charge in [0, 0.05) is 38.1 Å². The Morgan fingerprint density at radius 3 is 2.74 bits per heavy atom. The molecule has 0 saturated carbocycles. The third-order valence-corrected chi connectivity index (χ3v) is 5.10. The Labute approximate surface area is 139 Å². The molecule has 2 heterocycles. The lowest BCUT2D eigenvalue weighted by atomic mass is 9.93. The van der Waals surface area contributed by atoms with Crippen molar-refractivity contribution in [3.8, 4) is 0 Å². The van der Waals surface area contributed by atoms with Crippen molar-refractivity contribution in [2.75, 3.05) is 32.8 Å². The van der Waals surface area contributed by atoms with Gasteiger partial charge in [-0.3, -0.25) is 4.79 Å². The molecule has 1 aromatic carbocycles. The first kappa shape index (κ1) is 16.5. The fraction of sp³-hybridized carbons (Fsp3) is 0.632. The zero-order valence-electron chi connectivity index (χ0n) is 14.3. The van der Waals surface area contributed by atoms with Gasteiger partial charge in [-0.05, 0) is 32.3 Å². The molecule has 2 aliphatic heterocycles. The van der Waals surface area contributed by atoms with Gasteiger partial charge < -0.3 is 14.5 Å². The summed E-state index contributed by atoms with van der Waals surface area (Å²) < 4.78 is 5.89. The number of rotatable bonds is 4. The molecule has 2 fully saturated rings. The minimum absolute atomic E-state index is 0.144. The number of carbonyl (C=O) groups excluding carboxylic acids is 1. The van der Waals surface area contributed by atoms with Crippen LogP contribution in [0.3, 0.4) is 0 Å². The Kier molecular flexibility index (Phi) is 5.34. The van der Waals surface area contributed by atoms with Gasteiger partial charge in [0.05, 0.1) is 6.10 Å². The van der Waals surface area contributed by atoms with Crippen molar-refractivity contribution in [1.29, 1.82) is 0 Å². The summed E-state index contributed by atoms with van der Waals surface area (Å²) in [7, 11) is 0. The first-order chi connectivity index (χ1) is 11.1. The normalized spacial score (nSPS) is 26.2. The number of nitrogens with zero attached hydrogens (tertiary/aromatic N) is 2. The van der Waals surface area contributed by atoms with Crippen LogP contribution in [-0.2, 0) is 16.0 Å². The molecule has 1 aromatic rings. The van der Waals surface area contributed by atoms with E-state index in [2.05, 4.69) is 49.1 Å². The van der Waals surface area contributed by atoms with E-state index in [4.69, 9.17) is 4.74 Å². The lowest BCUT2D eigenvalue weighted by Crippen LogP contribution is -2.48. The molecular formula is C19H28N2O2. The van der Waals surface area contributed by atoms with Gasteiger partial charge >= 0.3 is 0 Å². The number of ether oxygens (including phenoxy) is 1. The summed E-state index contributed by atoms with van der Waals surface area (Å²) in [5.74, 6) is 0.582. The minimum Gasteiger partial charge on any atom is -0.368 e. The molecule has 2 aliphatic rings. The van der Waals surface area contributed by atoms with Crippen molar-refractivity contribution in [3.05, 3.63) is 35.9 Å². The van der Waals surface area contributed by atoms with Crippen molar-refractivity contribution < 1.29 is 9.53 Å². The fourth-order valence-corrected chi connectivity index (χ4v) is 3.73. The molecule has 3 rings (SSSR count). The molecule has 0 radical (unpaired) electrons. The van der Waals surface area contributed by atoms with E-state index >= 15 is 0 Å². The lowest BCUT2D eigenvalue weighted by molar-refractivity contribution is -0.136. The Morgan fingerprint density at radius 1 is 1.22 bits per heavy atom. The maximum atomic E-state index is 12.2. The molecule has 1 amide bonds.